The Labute approximate surface area is 217 Å². The van der Waals surface area contributed by atoms with Gasteiger partial charge in [0, 0.05) is 37.3 Å². The van der Waals surface area contributed by atoms with Crippen molar-refractivity contribution in [3.63, 3.8) is 0 Å². The number of rotatable bonds is 7. The largest absolute Gasteiger partial charge is 0.465 e. The van der Waals surface area contributed by atoms with Crippen molar-refractivity contribution < 1.29 is 32.6 Å². The van der Waals surface area contributed by atoms with Crippen LogP contribution >= 0.6 is 0 Å². The number of fused-ring (bicyclic) bond motifs is 1. The van der Waals surface area contributed by atoms with Gasteiger partial charge >= 0.3 is 12.3 Å². The van der Waals surface area contributed by atoms with Gasteiger partial charge in [-0.2, -0.15) is 13.2 Å². The zero-order valence-corrected chi connectivity index (χ0v) is 20.8. The molecule has 2 amide bonds. The van der Waals surface area contributed by atoms with Crippen molar-refractivity contribution in [1.82, 2.24) is 10.2 Å². The van der Waals surface area contributed by atoms with Gasteiger partial charge in [-0.25, -0.2) is 4.79 Å². The fraction of sp³-hybridized carbons (Fsp3) is 0.333. The number of anilines is 1. The molecule has 0 spiro atoms. The molecule has 11 heteroatoms. The quantitative estimate of drug-likeness (QED) is 0.415. The highest BCUT2D eigenvalue weighted by atomic mass is 19.4. The van der Waals surface area contributed by atoms with Crippen LogP contribution in [-0.4, -0.2) is 35.1 Å². The monoisotopic (exact) mass is 530 g/mol. The zero-order chi connectivity index (χ0) is 27.4. The molecule has 202 valence electrons. The topological polar surface area (TPSA) is 117 Å². The number of alkyl halides is 3. The Morgan fingerprint density at radius 1 is 1.16 bits per heavy atom. The van der Waals surface area contributed by atoms with E-state index in [0.29, 0.717) is 49.7 Å². The summed E-state index contributed by atoms with van der Waals surface area (Å²) in [4.78, 5) is 26.0. The number of hydrogen-bond donors (Lipinski definition) is 4. The molecule has 1 atom stereocenters. The summed E-state index contributed by atoms with van der Waals surface area (Å²) in [6, 6.07) is 8.94. The molecule has 0 fully saturated rings. The highest BCUT2D eigenvalue weighted by Crippen LogP contribution is 2.33. The van der Waals surface area contributed by atoms with E-state index in [9.17, 15) is 22.8 Å². The molecule has 2 aromatic carbocycles. The second-order valence-corrected chi connectivity index (χ2v) is 9.19. The number of carboxylic acid groups (broad SMARTS) is 1. The molecule has 0 saturated heterocycles. The molecule has 0 bridgehead atoms. The van der Waals surface area contributed by atoms with Gasteiger partial charge in [-0.3, -0.25) is 10.1 Å². The van der Waals surface area contributed by atoms with Crippen molar-refractivity contribution in [3.05, 3.63) is 82.4 Å². The fourth-order valence-corrected chi connectivity index (χ4v) is 4.63. The summed E-state index contributed by atoms with van der Waals surface area (Å²) in [5.74, 6) is 0.666. The van der Waals surface area contributed by atoms with Crippen molar-refractivity contribution in [2.24, 2.45) is 11.7 Å². The van der Waals surface area contributed by atoms with Crippen LogP contribution in [0.2, 0.25) is 0 Å². The number of likely N-dealkylation sites (N-methyl/N-ethyl adjacent to an activating group) is 1. The maximum Gasteiger partial charge on any atom is 0.416 e. The Bertz CT molecular complexity index is 1290. The van der Waals surface area contributed by atoms with Gasteiger partial charge in [0.1, 0.15) is 17.3 Å². The number of carbonyl (C=O) groups is 2. The highest BCUT2D eigenvalue weighted by Gasteiger charge is 2.32. The van der Waals surface area contributed by atoms with E-state index in [4.69, 9.17) is 15.6 Å². The number of nitrogens with zero attached hydrogens (tertiary/aromatic N) is 1. The van der Waals surface area contributed by atoms with Crippen LogP contribution in [0.5, 0.6) is 5.75 Å². The number of ether oxygens (including phenoxy) is 1. The number of amides is 2. The van der Waals surface area contributed by atoms with Gasteiger partial charge in [0.15, 0.2) is 0 Å². The molecule has 4 rings (SSSR count). The number of aryl methyl sites for hydroxylation is 1. The van der Waals surface area contributed by atoms with Gasteiger partial charge in [-0.1, -0.05) is 6.07 Å². The number of halogens is 3. The minimum atomic E-state index is -4.55. The van der Waals surface area contributed by atoms with Crippen LogP contribution in [0, 0.1) is 5.92 Å². The van der Waals surface area contributed by atoms with Gasteiger partial charge in [0.2, 0.25) is 5.91 Å². The lowest BCUT2D eigenvalue weighted by Gasteiger charge is -2.28. The van der Waals surface area contributed by atoms with E-state index in [1.807, 2.05) is 36.1 Å². The highest BCUT2D eigenvalue weighted by molar-refractivity contribution is 5.93. The lowest BCUT2D eigenvalue weighted by molar-refractivity contribution is -0.137. The first-order chi connectivity index (χ1) is 18.0. The number of nitrogens with two attached hydrogens (primary N) is 1. The van der Waals surface area contributed by atoms with Crippen LogP contribution in [0.4, 0.5) is 23.7 Å². The summed E-state index contributed by atoms with van der Waals surface area (Å²) in [6.07, 6.45) is -0.646. The SMILES string of the molecule is CCN1CC=C(Oc2ccc3c(c2)CC(C(=O)Nc2cc(CN)cc(C(F)(F)F)c2)CC3)C=C1NC(=O)O. The molecular formula is C27H29F3N4O4. The summed E-state index contributed by atoms with van der Waals surface area (Å²) in [6.45, 7) is 2.93. The summed E-state index contributed by atoms with van der Waals surface area (Å²) >= 11 is 0. The standard InChI is InChI=1S/C27H29F3N4O4/c1-2-34-8-7-23(14-24(34)33-26(36)37)38-22-6-5-17-3-4-18(11-19(17)12-22)25(35)32-21-10-16(15-31)9-20(13-21)27(28,29)30/h5-7,9-10,12-14,18,33H,2-4,8,11,15,31H2,1H3,(H,32,35)(H,36,37). The van der Waals surface area contributed by atoms with Gasteiger partial charge in [-0.05, 0) is 79.3 Å². The number of nitrogens with one attached hydrogen (secondary N) is 2. The minimum Gasteiger partial charge on any atom is -0.465 e. The van der Waals surface area contributed by atoms with Crippen molar-refractivity contribution in [2.75, 3.05) is 18.4 Å². The van der Waals surface area contributed by atoms with Crippen molar-refractivity contribution in [1.29, 1.82) is 0 Å². The van der Waals surface area contributed by atoms with Crippen LogP contribution in [0.3, 0.4) is 0 Å². The van der Waals surface area contributed by atoms with E-state index in [2.05, 4.69) is 10.6 Å². The Morgan fingerprint density at radius 2 is 1.95 bits per heavy atom. The lowest BCUT2D eigenvalue weighted by Crippen LogP contribution is -2.36. The summed E-state index contributed by atoms with van der Waals surface area (Å²) < 4.78 is 45.8. The van der Waals surface area contributed by atoms with Crippen LogP contribution in [0.1, 0.15) is 35.6 Å². The van der Waals surface area contributed by atoms with Gasteiger partial charge in [0.25, 0.3) is 0 Å². The molecule has 1 unspecified atom stereocenters. The van der Waals surface area contributed by atoms with Gasteiger partial charge in [-0.15, -0.1) is 0 Å². The van der Waals surface area contributed by atoms with Crippen molar-refractivity contribution in [2.45, 2.75) is 38.9 Å². The zero-order valence-electron chi connectivity index (χ0n) is 20.8. The van der Waals surface area contributed by atoms with Crippen LogP contribution in [-0.2, 0) is 30.4 Å². The molecule has 38 heavy (non-hydrogen) atoms. The molecule has 1 aliphatic carbocycles. The Balaban J connectivity index is 1.46. The number of carbonyl (C=O) groups excluding carboxylic acids is 1. The molecule has 1 heterocycles. The maximum absolute atomic E-state index is 13.3. The van der Waals surface area contributed by atoms with E-state index in [1.54, 1.807) is 6.08 Å². The molecule has 2 aromatic rings. The summed E-state index contributed by atoms with van der Waals surface area (Å²) in [5, 5.41) is 14.1. The third-order valence-electron chi connectivity index (χ3n) is 6.59. The number of hydrogen-bond acceptors (Lipinski definition) is 5. The Morgan fingerprint density at radius 3 is 2.63 bits per heavy atom. The third-order valence-corrected chi connectivity index (χ3v) is 6.59. The molecule has 0 aromatic heterocycles. The van der Waals surface area contributed by atoms with E-state index < -0.39 is 23.8 Å². The molecule has 0 saturated carbocycles. The van der Waals surface area contributed by atoms with E-state index in [-0.39, 0.29) is 23.7 Å². The average molecular weight is 531 g/mol. The predicted molar refractivity (Wildman–Crippen MR) is 135 cm³/mol. The van der Waals surface area contributed by atoms with E-state index >= 15 is 0 Å². The van der Waals surface area contributed by atoms with Crippen molar-refractivity contribution >= 4 is 17.7 Å². The smallest absolute Gasteiger partial charge is 0.416 e. The Hall–Kier alpha value is -3.99. The molecular weight excluding hydrogens is 501 g/mol. The first-order valence-corrected chi connectivity index (χ1v) is 12.2. The predicted octanol–water partition coefficient (Wildman–Crippen LogP) is 4.61. The second kappa shape index (κ2) is 11.2. The number of benzene rings is 2. The first kappa shape index (κ1) is 27.1. The van der Waals surface area contributed by atoms with Crippen LogP contribution < -0.4 is 21.1 Å². The second-order valence-electron chi connectivity index (χ2n) is 9.19. The van der Waals surface area contributed by atoms with Crippen LogP contribution in [0.25, 0.3) is 0 Å². The maximum atomic E-state index is 13.3. The number of allylic oxidation sites excluding steroid dienone is 1. The molecule has 0 radical (unpaired) electrons. The first-order valence-electron chi connectivity index (χ1n) is 12.2. The van der Waals surface area contributed by atoms with Gasteiger partial charge < -0.3 is 25.8 Å². The Kier molecular flexibility index (Phi) is 7.96. The van der Waals surface area contributed by atoms with Crippen molar-refractivity contribution in [3.8, 4) is 5.75 Å². The minimum absolute atomic E-state index is 0.0658. The molecule has 2 aliphatic rings. The van der Waals surface area contributed by atoms with Crippen LogP contribution in [0.15, 0.2) is 60.1 Å². The van der Waals surface area contributed by atoms with Gasteiger partial charge in [0.05, 0.1) is 5.56 Å². The van der Waals surface area contributed by atoms with E-state index in [0.717, 1.165) is 23.3 Å². The molecule has 1 aliphatic heterocycles. The third kappa shape index (κ3) is 6.46. The summed E-state index contributed by atoms with van der Waals surface area (Å²) in [5.41, 5.74) is 7.02. The normalized spacial score (nSPS) is 17.2. The lowest BCUT2D eigenvalue weighted by atomic mass is 9.83. The average Bonchev–Trinajstić information content (AvgIpc) is 2.87. The summed E-state index contributed by atoms with van der Waals surface area (Å²) in [7, 11) is 0. The molecule has 5 N–H and O–H groups in total. The fourth-order valence-electron chi connectivity index (χ4n) is 4.63. The molecule has 8 nitrogen and oxygen atoms in total. The van der Waals surface area contributed by atoms with E-state index in [1.165, 1.54) is 6.07 Å².